The minimum atomic E-state index is -0.0680. The molecule has 0 amide bonds. The summed E-state index contributed by atoms with van der Waals surface area (Å²) in [6, 6.07) is 0.674. The molecule has 1 heterocycles. The molecule has 1 aliphatic heterocycles. The Morgan fingerprint density at radius 2 is 1.89 bits per heavy atom. The normalized spacial score (nSPS) is 25.4. The van der Waals surface area contributed by atoms with Gasteiger partial charge in [0.1, 0.15) is 0 Å². The van der Waals surface area contributed by atoms with Gasteiger partial charge < -0.3 is 15.3 Å². The summed E-state index contributed by atoms with van der Waals surface area (Å²) in [7, 11) is 0. The van der Waals surface area contributed by atoms with Gasteiger partial charge in [0, 0.05) is 11.6 Å². The van der Waals surface area contributed by atoms with Crippen LogP contribution in [0.4, 0.5) is 0 Å². The maximum absolute atomic E-state index is 9.62. The van der Waals surface area contributed by atoms with Gasteiger partial charge >= 0.3 is 0 Å². The van der Waals surface area contributed by atoms with Crippen molar-refractivity contribution in [2.45, 2.75) is 70.4 Å². The van der Waals surface area contributed by atoms with E-state index in [1.807, 2.05) is 0 Å². The van der Waals surface area contributed by atoms with Crippen LogP contribution in [0.1, 0.15) is 58.8 Å². The quantitative estimate of drug-likeness (QED) is 0.709. The highest BCUT2D eigenvalue weighted by atomic mass is 16.3. The Morgan fingerprint density at radius 1 is 1.21 bits per heavy atom. The molecule has 0 aromatic rings. The monoisotopic (exact) mass is 268 g/mol. The first-order chi connectivity index (χ1) is 9.15. The van der Waals surface area contributed by atoms with E-state index in [1.165, 1.54) is 51.6 Å². The Labute approximate surface area is 118 Å². The minimum absolute atomic E-state index is 0.0680. The van der Waals surface area contributed by atoms with E-state index >= 15 is 0 Å². The molecule has 1 unspecified atom stereocenters. The summed E-state index contributed by atoms with van der Waals surface area (Å²) in [4.78, 5) is 2.59. The Bertz CT molecular complexity index is 259. The summed E-state index contributed by atoms with van der Waals surface area (Å²) < 4.78 is 0. The first-order valence-corrected chi connectivity index (χ1v) is 8.26. The fourth-order valence-corrected chi connectivity index (χ4v) is 3.23. The molecular weight excluding hydrogens is 236 g/mol. The van der Waals surface area contributed by atoms with Crippen LogP contribution in [0.3, 0.4) is 0 Å². The summed E-state index contributed by atoms with van der Waals surface area (Å²) in [6.45, 7) is 8.38. The molecule has 19 heavy (non-hydrogen) atoms. The third-order valence-electron chi connectivity index (χ3n) is 4.86. The van der Waals surface area contributed by atoms with Crippen LogP contribution in [0, 0.1) is 5.92 Å². The van der Waals surface area contributed by atoms with E-state index in [0.717, 1.165) is 18.9 Å². The van der Waals surface area contributed by atoms with Gasteiger partial charge in [0.2, 0.25) is 0 Å². The second kappa shape index (κ2) is 7.05. The van der Waals surface area contributed by atoms with Gasteiger partial charge in [0.15, 0.2) is 0 Å². The third-order valence-corrected chi connectivity index (χ3v) is 4.86. The van der Waals surface area contributed by atoms with Crippen LogP contribution in [0.15, 0.2) is 0 Å². The van der Waals surface area contributed by atoms with Crippen LogP contribution >= 0.6 is 0 Å². The zero-order chi connectivity index (χ0) is 13.7. The van der Waals surface area contributed by atoms with Gasteiger partial charge in [-0.3, -0.25) is 0 Å². The summed E-state index contributed by atoms with van der Waals surface area (Å²) in [5.41, 5.74) is -0.0680. The van der Waals surface area contributed by atoms with Gasteiger partial charge in [-0.1, -0.05) is 19.8 Å². The number of aliphatic hydroxyl groups excluding tert-OH is 1. The highest BCUT2D eigenvalue weighted by Crippen LogP contribution is 2.25. The molecule has 1 saturated carbocycles. The molecule has 3 heteroatoms. The molecule has 0 spiro atoms. The van der Waals surface area contributed by atoms with Crippen molar-refractivity contribution in [2.24, 2.45) is 5.92 Å². The average Bonchev–Trinajstić information content (AvgIpc) is 3.22. The van der Waals surface area contributed by atoms with Gasteiger partial charge in [-0.05, 0) is 64.6 Å². The lowest BCUT2D eigenvalue weighted by Crippen LogP contribution is -2.49. The van der Waals surface area contributed by atoms with Crippen molar-refractivity contribution in [3.8, 4) is 0 Å². The van der Waals surface area contributed by atoms with E-state index in [4.69, 9.17) is 0 Å². The predicted molar refractivity (Wildman–Crippen MR) is 80.3 cm³/mol. The third kappa shape index (κ3) is 5.05. The van der Waals surface area contributed by atoms with Crippen molar-refractivity contribution < 1.29 is 5.11 Å². The molecule has 1 aliphatic carbocycles. The highest BCUT2D eigenvalue weighted by Gasteiger charge is 2.32. The zero-order valence-corrected chi connectivity index (χ0v) is 12.8. The molecule has 0 aromatic heterocycles. The Kier molecular flexibility index (Phi) is 5.67. The van der Waals surface area contributed by atoms with E-state index in [1.54, 1.807) is 0 Å². The van der Waals surface area contributed by atoms with Crippen molar-refractivity contribution in [3.05, 3.63) is 0 Å². The molecule has 0 bridgehead atoms. The molecule has 0 radical (unpaired) electrons. The molecular formula is C16H32N2O. The van der Waals surface area contributed by atoms with Crippen LogP contribution in [-0.4, -0.2) is 47.8 Å². The van der Waals surface area contributed by atoms with Gasteiger partial charge in [0.25, 0.3) is 0 Å². The Hall–Kier alpha value is -0.120. The summed E-state index contributed by atoms with van der Waals surface area (Å²) in [5.74, 6) is 0.968. The second-order valence-electron chi connectivity index (χ2n) is 6.96. The summed E-state index contributed by atoms with van der Waals surface area (Å²) in [6.07, 6.45) is 9.14. The fourth-order valence-electron chi connectivity index (χ4n) is 3.23. The van der Waals surface area contributed by atoms with Crippen molar-refractivity contribution in [2.75, 3.05) is 26.2 Å². The molecule has 112 valence electrons. The summed E-state index contributed by atoms with van der Waals surface area (Å²) >= 11 is 0. The maximum Gasteiger partial charge on any atom is 0.0611 e. The molecule has 1 atom stereocenters. The fraction of sp³-hybridized carbons (Fsp3) is 1.00. The topological polar surface area (TPSA) is 35.5 Å². The van der Waals surface area contributed by atoms with Crippen molar-refractivity contribution >= 4 is 0 Å². The van der Waals surface area contributed by atoms with Crippen molar-refractivity contribution in [1.82, 2.24) is 10.2 Å². The van der Waals surface area contributed by atoms with Crippen LogP contribution in [0.2, 0.25) is 0 Å². The molecule has 0 aromatic carbocycles. The SMILES string of the molecule is CCCC1CCN(CCC(C)(CO)NC2CC2)CC1. The van der Waals surface area contributed by atoms with E-state index in [0.29, 0.717) is 6.04 Å². The largest absolute Gasteiger partial charge is 0.394 e. The number of hydrogen-bond acceptors (Lipinski definition) is 3. The smallest absolute Gasteiger partial charge is 0.0611 e. The lowest BCUT2D eigenvalue weighted by atomic mass is 9.91. The highest BCUT2D eigenvalue weighted by molar-refractivity contribution is 4.93. The second-order valence-corrected chi connectivity index (χ2v) is 6.96. The van der Waals surface area contributed by atoms with E-state index in [2.05, 4.69) is 24.1 Å². The van der Waals surface area contributed by atoms with Gasteiger partial charge in [-0.25, -0.2) is 0 Å². The number of likely N-dealkylation sites (tertiary alicyclic amines) is 1. The standard InChI is InChI=1S/C16H32N2O/c1-3-4-14-7-10-18(11-8-14)12-9-16(2,13-19)17-15-5-6-15/h14-15,17,19H,3-13H2,1-2H3. The molecule has 3 nitrogen and oxygen atoms in total. The molecule has 2 aliphatic rings. The van der Waals surface area contributed by atoms with E-state index < -0.39 is 0 Å². The van der Waals surface area contributed by atoms with E-state index in [9.17, 15) is 5.11 Å². The van der Waals surface area contributed by atoms with E-state index in [-0.39, 0.29) is 12.1 Å². The summed E-state index contributed by atoms with van der Waals surface area (Å²) in [5, 5.41) is 13.2. The maximum atomic E-state index is 9.62. The number of rotatable bonds is 8. The number of aliphatic hydroxyl groups is 1. The molecule has 2 N–H and O–H groups in total. The van der Waals surface area contributed by atoms with Crippen molar-refractivity contribution in [3.63, 3.8) is 0 Å². The number of nitrogens with zero attached hydrogens (tertiary/aromatic N) is 1. The minimum Gasteiger partial charge on any atom is -0.394 e. The molecule has 1 saturated heterocycles. The van der Waals surface area contributed by atoms with Crippen LogP contribution in [0.5, 0.6) is 0 Å². The van der Waals surface area contributed by atoms with Crippen LogP contribution < -0.4 is 5.32 Å². The van der Waals surface area contributed by atoms with Gasteiger partial charge in [-0.15, -0.1) is 0 Å². The van der Waals surface area contributed by atoms with Gasteiger partial charge in [-0.2, -0.15) is 0 Å². The van der Waals surface area contributed by atoms with Crippen LogP contribution in [-0.2, 0) is 0 Å². The zero-order valence-electron chi connectivity index (χ0n) is 12.8. The number of hydrogen-bond donors (Lipinski definition) is 2. The van der Waals surface area contributed by atoms with Gasteiger partial charge in [0.05, 0.1) is 6.61 Å². The molecule has 2 rings (SSSR count). The van der Waals surface area contributed by atoms with Crippen molar-refractivity contribution in [1.29, 1.82) is 0 Å². The number of nitrogens with one attached hydrogen (secondary N) is 1. The Morgan fingerprint density at radius 3 is 2.42 bits per heavy atom. The molecule has 2 fully saturated rings. The first-order valence-electron chi connectivity index (χ1n) is 8.26. The van der Waals surface area contributed by atoms with Crippen LogP contribution in [0.25, 0.3) is 0 Å². The number of piperidine rings is 1. The lowest BCUT2D eigenvalue weighted by Gasteiger charge is -2.35. The Balaban J connectivity index is 1.67. The first kappa shape index (κ1) is 15.3. The predicted octanol–water partition coefficient (Wildman–Crippen LogP) is 2.39. The average molecular weight is 268 g/mol. The lowest BCUT2D eigenvalue weighted by molar-refractivity contribution is 0.124.